The highest BCUT2D eigenvalue weighted by Crippen LogP contribution is 2.31. The van der Waals surface area contributed by atoms with E-state index in [2.05, 4.69) is 5.32 Å². The number of carboxylic acids is 1. The molecule has 0 aliphatic heterocycles. The molecule has 2 atom stereocenters. The lowest BCUT2D eigenvalue weighted by Gasteiger charge is -2.23. The topological polar surface area (TPSA) is 105 Å². The molecule has 7 nitrogen and oxygen atoms in total. The van der Waals surface area contributed by atoms with Crippen molar-refractivity contribution in [3.63, 3.8) is 0 Å². The number of hydrogen-bond acceptors (Lipinski definition) is 5. The third-order valence-corrected chi connectivity index (χ3v) is 4.83. The molecule has 3 aromatic carbocycles. The molecule has 3 N–H and O–H groups in total. The van der Waals surface area contributed by atoms with Crippen LogP contribution in [0.25, 0.3) is 10.8 Å². The van der Waals surface area contributed by atoms with Gasteiger partial charge in [-0.2, -0.15) is 0 Å². The number of aliphatic carboxylic acids is 1. The van der Waals surface area contributed by atoms with Crippen molar-refractivity contribution in [2.45, 2.75) is 13.0 Å². The number of fused-ring (bicyclic) bond motifs is 1. The van der Waals surface area contributed by atoms with E-state index >= 15 is 0 Å². The van der Waals surface area contributed by atoms with Crippen molar-refractivity contribution in [1.29, 1.82) is 0 Å². The molecule has 3 aromatic rings. The highest BCUT2D eigenvalue weighted by atomic mass is 16.6. The zero-order valence-corrected chi connectivity index (χ0v) is 17.6. The second-order valence-electron chi connectivity index (χ2n) is 7.18. The van der Waals surface area contributed by atoms with Crippen LogP contribution in [0.3, 0.4) is 0 Å². The lowest BCUT2D eigenvalue weighted by molar-refractivity contribution is -0.131. The predicted octanol–water partition coefficient (Wildman–Crippen LogP) is 4.78. The normalized spacial score (nSPS) is 12.9. The molecule has 7 heteroatoms. The molecule has 0 radical (unpaired) electrons. The smallest absolute Gasteiger partial charge is 0.412 e. The SMILES string of the molecule is C[C@@H](/C=C/C(=O)O)[C@@H](OC(=O)Nc1cccc2ccccc12)c1cccc(OCCO)c1. The van der Waals surface area contributed by atoms with Crippen molar-refractivity contribution in [1.82, 2.24) is 0 Å². The van der Waals surface area contributed by atoms with E-state index in [1.807, 2.05) is 36.4 Å². The van der Waals surface area contributed by atoms with E-state index in [4.69, 9.17) is 19.7 Å². The zero-order valence-electron chi connectivity index (χ0n) is 17.6. The van der Waals surface area contributed by atoms with Gasteiger partial charge in [-0.05, 0) is 29.1 Å². The summed E-state index contributed by atoms with van der Waals surface area (Å²) >= 11 is 0. The molecule has 0 heterocycles. The maximum absolute atomic E-state index is 12.8. The molecule has 0 saturated carbocycles. The summed E-state index contributed by atoms with van der Waals surface area (Å²) in [4.78, 5) is 23.8. The van der Waals surface area contributed by atoms with E-state index in [9.17, 15) is 9.59 Å². The predicted molar refractivity (Wildman–Crippen MR) is 122 cm³/mol. The Morgan fingerprint density at radius 1 is 1.06 bits per heavy atom. The molecule has 32 heavy (non-hydrogen) atoms. The van der Waals surface area contributed by atoms with Gasteiger partial charge < -0.3 is 19.7 Å². The van der Waals surface area contributed by atoms with E-state index in [1.54, 1.807) is 37.3 Å². The van der Waals surface area contributed by atoms with Crippen molar-refractivity contribution in [3.05, 3.63) is 84.4 Å². The summed E-state index contributed by atoms with van der Waals surface area (Å²) in [5.41, 5.74) is 1.25. The van der Waals surface area contributed by atoms with Crippen LogP contribution in [0.15, 0.2) is 78.9 Å². The number of benzene rings is 3. The second kappa shape index (κ2) is 11.0. The number of aliphatic hydroxyl groups is 1. The first-order valence-electron chi connectivity index (χ1n) is 10.2. The number of anilines is 1. The maximum Gasteiger partial charge on any atom is 0.412 e. The van der Waals surface area contributed by atoms with Crippen LogP contribution < -0.4 is 10.1 Å². The average molecular weight is 435 g/mol. The molecule has 3 rings (SSSR count). The van der Waals surface area contributed by atoms with Gasteiger partial charge in [0.1, 0.15) is 18.5 Å². The Labute approximate surface area is 185 Å². The van der Waals surface area contributed by atoms with Crippen molar-refractivity contribution in [2.24, 2.45) is 5.92 Å². The second-order valence-corrected chi connectivity index (χ2v) is 7.18. The molecular formula is C25H25NO6. The van der Waals surface area contributed by atoms with Gasteiger partial charge in [0.15, 0.2) is 0 Å². The molecule has 0 spiro atoms. The fraction of sp³-hybridized carbons (Fsp3) is 0.200. The summed E-state index contributed by atoms with van der Waals surface area (Å²) in [5.74, 6) is -1.01. The minimum Gasteiger partial charge on any atom is -0.491 e. The Morgan fingerprint density at radius 2 is 1.81 bits per heavy atom. The molecule has 166 valence electrons. The van der Waals surface area contributed by atoms with Crippen molar-refractivity contribution < 1.29 is 29.3 Å². The molecule has 0 bridgehead atoms. The number of nitrogens with one attached hydrogen (secondary N) is 1. The van der Waals surface area contributed by atoms with Crippen molar-refractivity contribution in [3.8, 4) is 5.75 Å². The van der Waals surface area contributed by atoms with Crippen molar-refractivity contribution in [2.75, 3.05) is 18.5 Å². The molecule has 0 unspecified atom stereocenters. The minimum atomic E-state index is -1.09. The lowest BCUT2D eigenvalue weighted by atomic mass is 9.96. The van der Waals surface area contributed by atoms with Gasteiger partial charge >= 0.3 is 12.1 Å². The van der Waals surface area contributed by atoms with Gasteiger partial charge in [-0.3, -0.25) is 5.32 Å². The summed E-state index contributed by atoms with van der Waals surface area (Å²) in [7, 11) is 0. The van der Waals surface area contributed by atoms with E-state index in [0.717, 1.165) is 16.8 Å². The third kappa shape index (κ3) is 6.09. The van der Waals surface area contributed by atoms with Gasteiger partial charge in [-0.25, -0.2) is 9.59 Å². The summed E-state index contributed by atoms with van der Waals surface area (Å²) < 4.78 is 11.2. The van der Waals surface area contributed by atoms with Gasteiger partial charge in [-0.1, -0.05) is 61.5 Å². The first-order valence-corrected chi connectivity index (χ1v) is 10.2. The number of hydrogen-bond donors (Lipinski definition) is 3. The van der Waals surface area contributed by atoms with E-state index in [-0.39, 0.29) is 13.2 Å². The standard InChI is InChI=1S/C25H25NO6/c1-17(12-13-23(28)29)24(19-8-4-9-20(16-19)31-15-14-27)32-25(30)26-22-11-5-7-18-6-2-3-10-21(18)22/h2-13,16-17,24,27H,14-15H2,1H3,(H,26,30)(H,28,29)/b13-12+/t17-,24+/m0/s1. The number of amides is 1. The van der Waals surface area contributed by atoms with Crippen LogP contribution in [0.5, 0.6) is 5.75 Å². The molecule has 1 amide bonds. The average Bonchev–Trinajstić information content (AvgIpc) is 2.80. The van der Waals surface area contributed by atoms with Gasteiger partial charge in [0.25, 0.3) is 0 Å². The van der Waals surface area contributed by atoms with Gasteiger partial charge in [-0.15, -0.1) is 0 Å². The number of carbonyl (C=O) groups excluding carboxylic acids is 1. The Bertz CT molecular complexity index is 1110. The van der Waals surface area contributed by atoms with Gasteiger partial charge in [0, 0.05) is 17.4 Å². The van der Waals surface area contributed by atoms with Crippen LogP contribution in [-0.4, -0.2) is 35.5 Å². The molecule has 0 aliphatic carbocycles. The van der Waals surface area contributed by atoms with E-state index in [1.165, 1.54) is 6.08 Å². The maximum atomic E-state index is 12.8. The van der Waals surface area contributed by atoms with Crippen LogP contribution in [0.1, 0.15) is 18.6 Å². The highest BCUT2D eigenvalue weighted by molar-refractivity contribution is 6.00. The van der Waals surface area contributed by atoms with Crippen LogP contribution in [0.2, 0.25) is 0 Å². The summed E-state index contributed by atoms with van der Waals surface area (Å²) in [5, 5.41) is 22.6. The molecule has 0 saturated heterocycles. The molecule has 0 fully saturated rings. The summed E-state index contributed by atoms with van der Waals surface area (Å²) in [6, 6.07) is 20.2. The Kier molecular flexibility index (Phi) is 7.83. The third-order valence-electron chi connectivity index (χ3n) is 4.83. The molecular weight excluding hydrogens is 410 g/mol. The number of aliphatic hydroxyl groups excluding tert-OH is 1. The first-order chi connectivity index (χ1) is 15.5. The number of rotatable bonds is 9. The van der Waals surface area contributed by atoms with Crippen LogP contribution in [0, 0.1) is 5.92 Å². The summed E-state index contributed by atoms with van der Waals surface area (Å²) in [6.07, 6.45) is 1.07. The fourth-order valence-corrected chi connectivity index (χ4v) is 3.35. The highest BCUT2D eigenvalue weighted by Gasteiger charge is 2.23. The van der Waals surface area contributed by atoms with Crippen LogP contribution in [-0.2, 0) is 9.53 Å². The monoisotopic (exact) mass is 435 g/mol. The van der Waals surface area contributed by atoms with E-state index < -0.39 is 24.1 Å². The number of ether oxygens (including phenoxy) is 2. The number of carboxylic acid groups (broad SMARTS) is 1. The Morgan fingerprint density at radius 3 is 2.59 bits per heavy atom. The molecule has 0 aliphatic rings. The van der Waals surface area contributed by atoms with Crippen LogP contribution >= 0.6 is 0 Å². The molecule has 0 aromatic heterocycles. The first kappa shape index (κ1) is 22.8. The lowest BCUT2D eigenvalue weighted by Crippen LogP contribution is -2.21. The van der Waals surface area contributed by atoms with Gasteiger partial charge in [0.05, 0.1) is 12.3 Å². The van der Waals surface area contributed by atoms with Gasteiger partial charge in [0.2, 0.25) is 0 Å². The Balaban J connectivity index is 1.84. The quantitative estimate of drug-likeness (QED) is 0.418. The van der Waals surface area contributed by atoms with Crippen molar-refractivity contribution >= 4 is 28.5 Å². The van der Waals surface area contributed by atoms with E-state index in [0.29, 0.717) is 17.0 Å². The zero-order chi connectivity index (χ0) is 22.9. The summed E-state index contributed by atoms with van der Waals surface area (Å²) in [6.45, 7) is 1.76. The minimum absolute atomic E-state index is 0.130. The Hall–Kier alpha value is -3.84. The fourth-order valence-electron chi connectivity index (χ4n) is 3.35. The van der Waals surface area contributed by atoms with Crippen LogP contribution in [0.4, 0.5) is 10.5 Å². The number of carbonyl (C=O) groups is 2. The largest absolute Gasteiger partial charge is 0.491 e.